The zero-order chi connectivity index (χ0) is 23.2. The lowest BCUT2D eigenvalue weighted by atomic mass is 9.96. The number of fused-ring (bicyclic) bond motifs is 6. The highest BCUT2D eigenvalue weighted by molar-refractivity contribution is 6.02. The number of rotatable bonds is 5. The number of aromatic nitrogens is 3. The van der Waals surface area contributed by atoms with Crippen LogP contribution in [-0.4, -0.2) is 51.0 Å². The van der Waals surface area contributed by atoms with Gasteiger partial charge in [-0.2, -0.15) is 0 Å². The van der Waals surface area contributed by atoms with Crippen LogP contribution in [0.15, 0.2) is 67.3 Å². The van der Waals surface area contributed by atoms with Gasteiger partial charge in [-0.15, -0.1) is 0 Å². The van der Waals surface area contributed by atoms with Crippen molar-refractivity contribution in [2.24, 2.45) is 0 Å². The van der Waals surface area contributed by atoms with E-state index in [1.807, 2.05) is 59.1 Å². The molecular weight excluding hydrogens is 428 g/mol. The summed E-state index contributed by atoms with van der Waals surface area (Å²) in [5.41, 5.74) is 4.93. The monoisotopic (exact) mass is 454 g/mol. The molecule has 2 aromatic heterocycles. The molecule has 0 bridgehead atoms. The Hall–Kier alpha value is -4.07. The van der Waals surface area contributed by atoms with E-state index in [0.717, 1.165) is 34.3 Å². The fourth-order valence-electron chi connectivity index (χ4n) is 5.42. The molecule has 1 unspecified atom stereocenters. The number of nitrogens with zero attached hydrogens (tertiary/aromatic N) is 5. The summed E-state index contributed by atoms with van der Waals surface area (Å²) in [6.07, 6.45) is 5.86. The Kier molecular flexibility index (Phi) is 4.86. The smallest absolute Gasteiger partial charge is 0.257 e. The fraction of sp³-hybridized carbons (Fsp3) is 0.269. The predicted octanol–water partition coefficient (Wildman–Crippen LogP) is 2.80. The summed E-state index contributed by atoms with van der Waals surface area (Å²) in [5.74, 6) is -0.00285. The number of hydrogen-bond acceptors (Lipinski definition) is 4. The molecule has 8 heteroatoms. The summed E-state index contributed by atoms with van der Waals surface area (Å²) < 4.78 is 4.04. The van der Waals surface area contributed by atoms with Crippen LogP contribution in [0.1, 0.15) is 27.8 Å². The van der Waals surface area contributed by atoms with Crippen LogP contribution in [0.4, 0.5) is 5.69 Å². The van der Waals surface area contributed by atoms with Crippen LogP contribution in [0.5, 0.6) is 0 Å². The van der Waals surface area contributed by atoms with Gasteiger partial charge in [0.25, 0.3) is 5.91 Å². The first-order valence-corrected chi connectivity index (χ1v) is 11.6. The maximum atomic E-state index is 13.4. The number of nitrogens with one attached hydrogen (secondary N) is 1. The van der Waals surface area contributed by atoms with Crippen LogP contribution in [0, 0.1) is 0 Å². The lowest BCUT2D eigenvalue weighted by molar-refractivity contribution is -0.121. The van der Waals surface area contributed by atoms with E-state index in [2.05, 4.69) is 31.9 Å². The zero-order valence-corrected chi connectivity index (χ0v) is 19.0. The van der Waals surface area contributed by atoms with Crippen molar-refractivity contribution >= 4 is 28.4 Å². The maximum Gasteiger partial charge on any atom is 0.257 e. The molecular formula is C26H26N6O2. The first-order chi connectivity index (χ1) is 16.6. The van der Waals surface area contributed by atoms with Crippen molar-refractivity contribution in [3.63, 3.8) is 0 Å². The van der Waals surface area contributed by atoms with Crippen LogP contribution in [0.3, 0.4) is 0 Å². The van der Waals surface area contributed by atoms with Crippen molar-refractivity contribution < 1.29 is 9.59 Å². The molecule has 6 rings (SSSR count). The van der Waals surface area contributed by atoms with E-state index in [0.29, 0.717) is 19.6 Å². The molecule has 2 aliphatic rings. The van der Waals surface area contributed by atoms with Crippen molar-refractivity contribution in [2.75, 3.05) is 25.0 Å². The number of anilines is 1. The second kappa shape index (κ2) is 8.06. The highest BCUT2D eigenvalue weighted by atomic mass is 16.2. The van der Waals surface area contributed by atoms with Gasteiger partial charge in [0.15, 0.2) is 0 Å². The summed E-state index contributed by atoms with van der Waals surface area (Å²) in [5, 5.41) is 4.19. The van der Waals surface area contributed by atoms with E-state index in [9.17, 15) is 9.59 Å². The van der Waals surface area contributed by atoms with E-state index < -0.39 is 0 Å². The van der Waals surface area contributed by atoms with E-state index >= 15 is 0 Å². The molecule has 172 valence electrons. The molecule has 0 radical (unpaired) electrons. The van der Waals surface area contributed by atoms with Crippen molar-refractivity contribution in [3.05, 3.63) is 84.1 Å². The minimum Gasteiger partial charge on any atom is -0.353 e. The average Bonchev–Trinajstić information content (AvgIpc) is 3.49. The van der Waals surface area contributed by atoms with E-state index in [-0.39, 0.29) is 24.5 Å². The maximum absolute atomic E-state index is 13.4. The molecule has 2 amide bonds. The van der Waals surface area contributed by atoms with E-state index in [1.165, 1.54) is 5.56 Å². The lowest BCUT2D eigenvalue weighted by Crippen LogP contribution is -2.51. The molecule has 4 aromatic rings. The van der Waals surface area contributed by atoms with Crippen LogP contribution in [0.2, 0.25) is 0 Å². The Bertz CT molecular complexity index is 1390. The van der Waals surface area contributed by atoms with Crippen LogP contribution < -0.4 is 10.2 Å². The molecule has 2 aliphatic heterocycles. The Morgan fingerprint density at radius 2 is 1.97 bits per heavy atom. The van der Waals surface area contributed by atoms with Gasteiger partial charge in [0.1, 0.15) is 12.7 Å². The molecule has 34 heavy (non-hydrogen) atoms. The van der Waals surface area contributed by atoms with Gasteiger partial charge in [0.05, 0.1) is 23.3 Å². The quantitative estimate of drug-likeness (QED) is 0.503. The standard InChI is InChI=1S/C26H26N6O2/c1-29-21-8-4-3-7-20(21)26(34)31-13-10-19-18-6-2-5-9-22(18)32(24(19)25(29)31)16-23(33)28-12-15-30-14-11-27-17-30/h2-9,11,14,17,25H,10,12-13,15-16H2,1H3,(H,28,33). The molecule has 0 fully saturated rings. The minimum absolute atomic E-state index is 0.0472. The van der Waals surface area contributed by atoms with E-state index in [1.54, 1.807) is 12.5 Å². The first-order valence-electron chi connectivity index (χ1n) is 11.6. The van der Waals surface area contributed by atoms with Crippen molar-refractivity contribution in [1.82, 2.24) is 24.3 Å². The Morgan fingerprint density at radius 1 is 1.15 bits per heavy atom. The van der Waals surface area contributed by atoms with Gasteiger partial charge in [-0.3, -0.25) is 9.59 Å². The number of carbonyl (C=O) groups is 2. The normalized spacial score (nSPS) is 16.9. The van der Waals surface area contributed by atoms with Gasteiger partial charge in [-0.1, -0.05) is 30.3 Å². The highest BCUT2D eigenvalue weighted by Gasteiger charge is 2.42. The van der Waals surface area contributed by atoms with Crippen molar-refractivity contribution in [1.29, 1.82) is 0 Å². The van der Waals surface area contributed by atoms with Crippen molar-refractivity contribution in [3.8, 4) is 0 Å². The number of carbonyl (C=O) groups excluding carboxylic acids is 2. The van der Waals surface area contributed by atoms with E-state index in [4.69, 9.17) is 0 Å². The van der Waals surface area contributed by atoms with Crippen LogP contribution in [-0.2, 0) is 24.3 Å². The Balaban J connectivity index is 1.38. The largest absolute Gasteiger partial charge is 0.353 e. The Morgan fingerprint density at radius 3 is 2.82 bits per heavy atom. The number of imidazole rings is 1. The summed E-state index contributed by atoms with van der Waals surface area (Å²) >= 11 is 0. The first kappa shape index (κ1) is 20.5. The fourth-order valence-corrected chi connectivity index (χ4v) is 5.42. The zero-order valence-electron chi connectivity index (χ0n) is 19.0. The molecule has 1 atom stereocenters. The molecule has 1 N–H and O–H groups in total. The molecule has 0 aliphatic carbocycles. The topological polar surface area (TPSA) is 75.4 Å². The van der Waals surface area contributed by atoms with Gasteiger partial charge in [-0.25, -0.2) is 4.98 Å². The van der Waals surface area contributed by atoms with Crippen molar-refractivity contribution in [2.45, 2.75) is 25.7 Å². The molecule has 8 nitrogen and oxygen atoms in total. The van der Waals surface area contributed by atoms with Gasteiger partial charge >= 0.3 is 0 Å². The third-order valence-corrected chi connectivity index (χ3v) is 6.96. The summed E-state index contributed by atoms with van der Waals surface area (Å²) in [4.78, 5) is 34.6. The molecule has 2 aromatic carbocycles. The lowest BCUT2D eigenvalue weighted by Gasteiger charge is -2.46. The molecule has 4 heterocycles. The second-order valence-corrected chi connectivity index (χ2v) is 8.87. The van der Waals surface area contributed by atoms with Gasteiger partial charge in [-0.05, 0) is 30.2 Å². The van der Waals surface area contributed by atoms with Gasteiger partial charge in [0.2, 0.25) is 5.91 Å². The number of para-hydroxylation sites is 2. The third kappa shape index (κ3) is 3.17. The third-order valence-electron chi connectivity index (χ3n) is 6.96. The highest BCUT2D eigenvalue weighted by Crippen LogP contribution is 2.44. The van der Waals surface area contributed by atoms with Crippen LogP contribution in [0.25, 0.3) is 10.9 Å². The number of benzene rings is 2. The summed E-state index contributed by atoms with van der Waals surface area (Å²) in [7, 11) is 2.03. The van der Waals surface area contributed by atoms with Crippen LogP contribution >= 0.6 is 0 Å². The molecule has 0 spiro atoms. The second-order valence-electron chi connectivity index (χ2n) is 8.87. The number of amides is 2. The molecule has 0 saturated carbocycles. The number of hydrogen-bond donors (Lipinski definition) is 1. The summed E-state index contributed by atoms with van der Waals surface area (Å²) in [6, 6.07) is 16.0. The van der Waals surface area contributed by atoms with Gasteiger partial charge in [0, 0.05) is 50.0 Å². The SMILES string of the molecule is CN1c2ccccc2C(=O)N2CCc3c(n(CC(=O)NCCn4ccnc4)c4ccccc34)C21. The van der Waals surface area contributed by atoms with Gasteiger partial charge < -0.3 is 24.3 Å². The molecule has 0 saturated heterocycles. The minimum atomic E-state index is -0.253. The summed E-state index contributed by atoms with van der Waals surface area (Å²) in [6.45, 7) is 2.05. The Labute approximate surface area is 197 Å². The average molecular weight is 455 g/mol. The predicted molar refractivity (Wildman–Crippen MR) is 130 cm³/mol.